The van der Waals surface area contributed by atoms with E-state index >= 15 is 0 Å². The molecule has 0 radical (unpaired) electrons. The Morgan fingerprint density at radius 3 is 2.47 bits per heavy atom. The van der Waals surface area contributed by atoms with E-state index in [-0.39, 0.29) is 30.5 Å². The summed E-state index contributed by atoms with van der Waals surface area (Å²) in [6.45, 7) is 2.38. The third-order valence-corrected chi connectivity index (χ3v) is 4.87. The second-order valence-electron chi connectivity index (χ2n) is 4.62. The van der Waals surface area contributed by atoms with E-state index in [9.17, 15) is 13.2 Å². The molecule has 0 unspecified atom stereocenters. The number of hydrazine groups is 1. The number of nitrogens with two attached hydrogens (primary N) is 1. The molecule has 19 heavy (non-hydrogen) atoms. The van der Waals surface area contributed by atoms with E-state index in [4.69, 9.17) is 5.84 Å². The average Bonchev–Trinajstić information content (AvgIpc) is 2.38. The predicted molar refractivity (Wildman–Crippen MR) is 73.5 cm³/mol. The summed E-state index contributed by atoms with van der Waals surface area (Å²) in [5.41, 5.74) is 4.73. The SMILES string of the molecule is Cc1cc(C(=O)N2CCS(=O)(=O)CC2)ccc1NN. The van der Waals surface area contributed by atoms with Gasteiger partial charge in [-0.05, 0) is 30.7 Å². The third-order valence-electron chi connectivity index (χ3n) is 3.26. The first-order valence-electron chi connectivity index (χ1n) is 6.00. The van der Waals surface area contributed by atoms with Crippen LogP contribution in [0.5, 0.6) is 0 Å². The minimum absolute atomic E-state index is 0.0418. The van der Waals surface area contributed by atoms with E-state index in [2.05, 4.69) is 5.43 Å². The van der Waals surface area contributed by atoms with Gasteiger partial charge in [-0.25, -0.2) is 8.42 Å². The van der Waals surface area contributed by atoms with E-state index in [0.717, 1.165) is 11.3 Å². The number of nitrogens with zero attached hydrogens (tertiary/aromatic N) is 1. The van der Waals surface area contributed by atoms with Crippen molar-refractivity contribution in [3.05, 3.63) is 29.3 Å². The van der Waals surface area contributed by atoms with Crippen LogP contribution in [0.2, 0.25) is 0 Å². The van der Waals surface area contributed by atoms with Gasteiger partial charge in [0.05, 0.1) is 17.2 Å². The number of hydrogen-bond donors (Lipinski definition) is 2. The molecular weight excluding hydrogens is 266 g/mol. The van der Waals surface area contributed by atoms with Crippen molar-refractivity contribution in [1.29, 1.82) is 0 Å². The van der Waals surface area contributed by atoms with Gasteiger partial charge in [0.2, 0.25) is 0 Å². The Bertz CT molecular complexity index is 584. The van der Waals surface area contributed by atoms with Crippen molar-refractivity contribution in [2.75, 3.05) is 30.0 Å². The Morgan fingerprint density at radius 2 is 1.95 bits per heavy atom. The van der Waals surface area contributed by atoms with Gasteiger partial charge in [-0.3, -0.25) is 10.6 Å². The van der Waals surface area contributed by atoms with Crippen molar-refractivity contribution < 1.29 is 13.2 Å². The largest absolute Gasteiger partial charge is 0.337 e. The summed E-state index contributed by atoms with van der Waals surface area (Å²) >= 11 is 0. The molecule has 1 aromatic carbocycles. The number of nitrogens with one attached hydrogen (secondary N) is 1. The summed E-state index contributed by atoms with van der Waals surface area (Å²) in [5, 5.41) is 0. The van der Waals surface area contributed by atoms with Gasteiger partial charge in [0.25, 0.3) is 5.91 Å². The lowest BCUT2D eigenvalue weighted by molar-refractivity contribution is 0.0770. The number of anilines is 1. The van der Waals surface area contributed by atoms with Gasteiger partial charge in [0.1, 0.15) is 0 Å². The summed E-state index contributed by atoms with van der Waals surface area (Å²) in [6, 6.07) is 5.18. The molecule has 0 spiro atoms. The Hall–Kier alpha value is -1.60. The molecule has 1 amide bonds. The lowest BCUT2D eigenvalue weighted by atomic mass is 10.1. The van der Waals surface area contributed by atoms with Gasteiger partial charge in [-0.1, -0.05) is 0 Å². The van der Waals surface area contributed by atoms with Crippen LogP contribution in [0.1, 0.15) is 15.9 Å². The van der Waals surface area contributed by atoms with E-state index < -0.39 is 9.84 Å². The van der Waals surface area contributed by atoms with Crippen LogP contribution >= 0.6 is 0 Å². The van der Waals surface area contributed by atoms with E-state index in [1.165, 1.54) is 0 Å². The number of nitrogen functional groups attached to an aromatic ring is 1. The number of aryl methyl sites for hydroxylation is 1. The molecule has 0 bridgehead atoms. The fraction of sp³-hybridized carbons (Fsp3) is 0.417. The monoisotopic (exact) mass is 283 g/mol. The van der Waals surface area contributed by atoms with Crippen LogP contribution in [-0.2, 0) is 9.84 Å². The highest BCUT2D eigenvalue weighted by atomic mass is 32.2. The van der Waals surface area contributed by atoms with Crippen LogP contribution in [0, 0.1) is 6.92 Å². The zero-order valence-electron chi connectivity index (χ0n) is 10.7. The fourth-order valence-electron chi connectivity index (χ4n) is 2.06. The van der Waals surface area contributed by atoms with Crippen molar-refractivity contribution in [3.8, 4) is 0 Å². The number of sulfone groups is 1. The van der Waals surface area contributed by atoms with Crippen LogP contribution in [0.3, 0.4) is 0 Å². The molecular formula is C12H17N3O3S. The smallest absolute Gasteiger partial charge is 0.253 e. The zero-order valence-corrected chi connectivity index (χ0v) is 11.5. The van der Waals surface area contributed by atoms with Crippen LogP contribution in [0.15, 0.2) is 18.2 Å². The Labute approximate surface area is 112 Å². The molecule has 1 aromatic rings. The molecule has 3 N–H and O–H groups in total. The molecule has 1 saturated heterocycles. The van der Waals surface area contributed by atoms with Gasteiger partial charge >= 0.3 is 0 Å². The minimum atomic E-state index is -2.97. The zero-order chi connectivity index (χ0) is 14.0. The maximum atomic E-state index is 12.2. The number of rotatable bonds is 2. The molecule has 6 nitrogen and oxygen atoms in total. The second-order valence-corrected chi connectivity index (χ2v) is 6.92. The van der Waals surface area contributed by atoms with Crippen molar-refractivity contribution in [1.82, 2.24) is 4.90 Å². The Morgan fingerprint density at radius 1 is 1.32 bits per heavy atom. The van der Waals surface area contributed by atoms with E-state index in [1.54, 1.807) is 23.1 Å². The maximum Gasteiger partial charge on any atom is 0.253 e. The minimum Gasteiger partial charge on any atom is -0.337 e. The quantitative estimate of drug-likeness (QED) is 0.595. The molecule has 104 valence electrons. The maximum absolute atomic E-state index is 12.2. The number of benzene rings is 1. The molecule has 0 atom stereocenters. The molecule has 1 fully saturated rings. The number of hydrogen-bond acceptors (Lipinski definition) is 5. The van der Waals surface area contributed by atoms with Crippen LogP contribution in [-0.4, -0.2) is 43.8 Å². The highest BCUT2D eigenvalue weighted by Crippen LogP contribution is 2.17. The fourth-order valence-corrected chi connectivity index (χ4v) is 3.26. The van der Waals surface area contributed by atoms with E-state index in [0.29, 0.717) is 5.56 Å². The average molecular weight is 283 g/mol. The number of carbonyl (C=O) groups is 1. The van der Waals surface area contributed by atoms with Gasteiger partial charge < -0.3 is 10.3 Å². The first-order chi connectivity index (χ1) is 8.93. The molecule has 1 aliphatic heterocycles. The highest BCUT2D eigenvalue weighted by molar-refractivity contribution is 7.91. The van der Waals surface area contributed by atoms with Crippen molar-refractivity contribution >= 4 is 21.4 Å². The van der Waals surface area contributed by atoms with Gasteiger partial charge in [-0.2, -0.15) is 0 Å². The molecule has 7 heteroatoms. The van der Waals surface area contributed by atoms with E-state index in [1.807, 2.05) is 6.92 Å². The van der Waals surface area contributed by atoms with Crippen molar-refractivity contribution in [2.24, 2.45) is 5.84 Å². The van der Waals surface area contributed by atoms with Gasteiger partial charge in [0, 0.05) is 18.7 Å². The van der Waals surface area contributed by atoms with Crippen LogP contribution < -0.4 is 11.3 Å². The summed E-state index contributed by atoms with van der Waals surface area (Å²) in [5.74, 6) is 5.28. The summed E-state index contributed by atoms with van der Waals surface area (Å²) in [7, 11) is -2.97. The van der Waals surface area contributed by atoms with Gasteiger partial charge in [-0.15, -0.1) is 0 Å². The standard InChI is InChI=1S/C12H17N3O3S/c1-9-8-10(2-3-11(9)14-13)12(16)15-4-6-19(17,18)7-5-15/h2-3,8,14H,4-7,13H2,1H3. The lowest BCUT2D eigenvalue weighted by Crippen LogP contribution is -2.43. The number of carbonyl (C=O) groups excluding carboxylic acids is 1. The Kier molecular flexibility index (Phi) is 3.77. The third kappa shape index (κ3) is 3.05. The van der Waals surface area contributed by atoms with Crippen molar-refractivity contribution in [3.63, 3.8) is 0 Å². The first-order valence-corrected chi connectivity index (χ1v) is 7.82. The van der Waals surface area contributed by atoms with Crippen LogP contribution in [0.4, 0.5) is 5.69 Å². The molecule has 1 heterocycles. The normalized spacial score (nSPS) is 18.1. The first kappa shape index (κ1) is 13.8. The molecule has 1 aliphatic rings. The molecule has 0 saturated carbocycles. The molecule has 0 aliphatic carbocycles. The van der Waals surface area contributed by atoms with Crippen molar-refractivity contribution in [2.45, 2.75) is 6.92 Å². The number of amides is 1. The summed E-state index contributed by atoms with van der Waals surface area (Å²) < 4.78 is 22.7. The molecule has 0 aromatic heterocycles. The lowest BCUT2D eigenvalue weighted by Gasteiger charge is -2.27. The second kappa shape index (κ2) is 5.18. The topological polar surface area (TPSA) is 92.5 Å². The predicted octanol–water partition coefficient (Wildman–Crippen LogP) is 0.151. The summed E-state index contributed by atoms with van der Waals surface area (Å²) in [4.78, 5) is 13.8. The molecule has 2 rings (SSSR count). The Balaban J connectivity index is 2.14. The van der Waals surface area contributed by atoms with Gasteiger partial charge in [0.15, 0.2) is 9.84 Å². The highest BCUT2D eigenvalue weighted by Gasteiger charge is 2.25. The summed E-state index contributed by atoms with van der Waals surface area (Å²) in [6.07, 6.45) is 0. The van der Waals surface area contributed by atoms with Crippen LogP contribution in [0.25, 0.3) is 0 Å².